The maximum atomic E-state index is 3.89. The van der Waals surface area contributed by atoms with Crippen LogP contribution in [0.25, 0.3) is 6.08 Å². The van der Waals surface area contributed by atoms with Crippen LogP contribution in [-0.2, 0) is 0 Å². The van der Waals surface area contributed by atoms with E-state index in [-0.39, 0.29) is 0 Å². The molecular weight excluding hydrogens is 220 g/mol. The van der Waals surface area contributed by atoms with Crippen LogP contribution in [0.15, 0.2) is 49.0 Å². The summed E-state index contributed by atoms with van der Waals surface area (Å²) in [5.74, 6) is 0. The fourth-order valence-electron chi connectivity index (χ4n) is 2.51. The third kappa shape index (κ3) is 1.50. The Morgan fingerprint density at radius 1 is 1.11 bits per heavy atom. The van der Waals surface area contributed by atoms with E-state index in [9.17, 15) is 0 Å². The average molecular weight is 236 g/mol. The smallest absolute Gasteiger partial charge is 0.0699 e. The summed E-state index contributed by atoms with van der Waals surface area (Å²) < 4.78 is 0. The van der Waals surface area contributed by atoms with Gasteiger partial charge in [-0.2, -0.15) is 0 Å². The van der Waals surface area contributed by atoms with E-state index >= 15 is 0 Å². The highest BCUT2D eigenvalue weighted by Gasteiger charge is 2.21. The summed E-state index contributed by atoms with van der Waals surface area (Å²) in [5.41, 5.74) is 5.89. The lowest BCUT2D eigenvalue weighted by molar-refractivity contribution is 1.02. The largest absolute Gasteiger partial charge is 0.352 e. The summed E-state index contributed by atoms with van der Waals surface area (Å²) in [6.07, 6.45) is 1.90. The highest BCUT2D eigenvalue weighted by atomic mass is 15.2. The second kappa shape index (κ2) is 4.22. The van der Waals surface area contributed by atoms with E-state index in [4.69, 9.17) is 0 Å². The second-order valence-corrected chi connectivity index (χ2v) is 4.33. The normalized spacial score (nSPS) is 12.4. The van der Waals surface area contributed by atoms with Gasteiger partial charge >= 0.3 is 0 Å². The van der Waals surface area contributed by atoms with Gasteiger partial charge in [0.1, 0.15) is 0 Å². The number of nitrogens with one attached hydrogen (secondary N) is 1. The molecule has 1 aliphatic rings. The minimum absolute atomic E-state index is 0.951. The van der Waals surface area contributed by atoms with Crippen LogP contribution in [0.4, 0.5) is 22.7 Å². The number of hydrogen-bond acceptors (Lipinski definition) is 2. The Bertz CT molecular complexity index is 602. The van der Waals surface area contributed by atoms with E-state index < -0.39 is 0 Å². The predicted molar refractivity (Wildman–Crippen MR) is 78.9 cm³/mol. The summed E-state index contributed by atoms with van der Waals surface area (Å²) >= 11 is 0. The van der Waals surface area contributed by atoms with Gasteiger partial charge in [-0.1, -0.05) is 36.9 Å². The Morgan fingerprint density at radius 3 is 2.67 bits per heavy atom. The van der Waals surface area contributed by atoms with Crippen LogP contribution >= 0.6 is 0 Å². The number of benzene rings is 2. The maximum Gasteiger partial charge on any atom is 0.0699 e. The van der Waals surface area contributed by atoms with Crippen molar-refractivity contribution in [2.45, 2.75) is 6.92 Å². The van der Waals surface area contributed by atoms with Crippen LogP contribution in [0.5, 0.6) is 0 Å². The van der Waals surface area contributed by atoms with Crippen LogP contribution in [0.2, 0.25) is 0 Å². The quantitative estimate of drug-likeness (QED) is 0.823. The third-order valence-electron chi connectivity index (χ3n) is 3.36. The van der Waals surface area contributed by atoms with E-state index in [1.807, 2.05) is 6.08 Å². The first-order chi connectivity index (χ1) is 8.85. The van der Waals surface area contributed by atoms with Crippen molar-refractivity contribution in [1.82, 2.24) is 0 Å². The SMILES string of the molecule is C=Cc1cccc2c1Nc1ccccc1N2CC. The third-order valence-corrected chi connectivity index (χ3v) is 3.36. The van der Waals surface area contributed by atoms with E-state index in [1.165, 1.54) is 11.4 Å². The molecule has 0 aliphatic carbocycles. The van der Waals surface area contributed by atoms with E-state index in [0.29, 0.717) is 0 Å². The van der Waals surface area contributed by atoms with Crippen LogP contribution in [0.3, 0.4) is 0 Å². The molecule has 2 aromatic rings. The van der Waals surface area contributed by atoms with Gasteiger partial charge in [0.2, 0.25) is 0 Å². The monoisotopic (exact) mass is 236 g/mol. The fourth-order valence-corrected chi connectivity index (χ4v) is 2.51. The molecular formula is C16H16N2. The zero-order valence-corrected chi connectivity index (χ0v) is 10.5. The average Bonchev–Trinajstić information content (AvgIpc) is 2.44. The van der Waals surface area contributed by atoms with Crippen molar-refractivity contribution in [3.8, 4) is 0 Å². The number of anilines is 4. The number of hydrogen-bond donors (Lipinski definition) is 1. The van der Waals surface area contributed by atoms with Crippen molar-refractivity contribution in [3.05, 3.63) is 54.6 Å². The van der Waals surface area contributed by atoms with Gasteiger partial charge in [0.05, 0.1) is 22.7 Å². The van der Waals surface area contributed by atoms with Crippen molar-refractivity contribution < 1.29 is 0 Å². The van der Waals surface area contributed by atoms with Crippen LogP contribution in [0.1, 0.15) is 12.5 Å². The van der Waals surface area contributed by atoms with Crippen molar-refractivity contribution in [2.24, 2.45) is 0 Å². The Morgan fingerprint density at radius 2 is 1.89 bits per heavy atom. The first-order valence-electron chi connectivity index (χ1n) is 6.24. The first-order valence-corrected chi connectivity index (χ1v) is 6.24. The molecule has 0 unspecified atom stereocenters. The Balaban J connectivity index is 2.23. The van der Waals surface area contributed by atoms with Gasteiger partial charge in [-0.25, -0.2) is 0 Å². The summed E-state index contributed by atoms with van der Waals surface area (Å²) in [4.78, 5) is 2.33. The van der Waals surface area contributed by atoms with Gasteiger partial charge in [0, 0.05) is 6.54 Å². The topological polar surface area (TPSA) is 15.3 Å². The molecule has 0 spiro atoms. The molecule has 18 heavy (non-hydrogen) atoms. The Hall–Kier alpha value is -2.22. The Kier molecular flexibility index (Phi) is 2.56. The Labute approximate surface area is 108 Å². The second-order valence-electron chi connectivity index (χ2n) is 4.33. The summed E-state index contributed by atoms with van der Waals surface area (Å²) in [6.45, 7) is 7.01. The molecule has 0 amide bonds. The van der Waals surface area contributed by atoms with Crippen LogP contribution in [-0.4, -0.2) is 6.54 Å². The van der Waals surface area contributed by atoms with Gasteiger partial charge in [-0.3, -0.25) is 0 Å². The van der Waals surface area contributed by atoms with E-state index in [0.717, 1.165) is 23.5 Å². The molecule has 0 aromatic heterocycles. The van der Waals surface area contributed by atoms with E-state index in [1.54, 1.807) is 0 Å². The molecule has 1 heterocycles. The van der Waals surface area contributed by atoms with Gasteiger partial charge in [0.15, 0.2) is 0 Å². The summed E-state index contributed by atoms with van der Waals surface area (Å²) in [5, 5.41) is 3.51. The van der Waals surface area contributed by atoms with Crippen LogP contribution in [0, 0.1) is 0 Å². The molecule has 0 fully saturated rings. The van der Waals surface area contributed by atoms with Crippen molar-refractivity contribution in [1.29, 1.82) is 0 Å². The lowest BCUT2D eigenvalue weighted by atomic mass is 10.1. The molecule has 2 nitrogen and oxygen atoms in total. The molecule has 2 heteroatoms. The van der Waals surface area contributed by atoms with Crippen molar-refractivity contribution in [2.75, 3.05) is 16.8 Å². The molecule has 3 rings (SSSR count). The molecule has 1 aliphatic heterocycles. The minimum Gasteiger partial charge on any atom is -0.352 e. The van der Waals surface area contributed by atoms with Crippen LogP contribution < -0.4 is 10.2 Å². The number of para-hydroxylation sites is 3. The van der Waals surface area contributed by atoms with E-state index in [2.05, 4.69) is 66.2 Å². The molecule has 1 N–H and O–H groups in total. The van der Waals surface area contributed by atoms with Crippen molar-refractivity contribution in [3.63, 3.8) is 0 Å². The highest BCUT2D eigenvalue weighted by Crippen LogP contribution is 2.44. The highest BCUT2D eigenvalue weighted by molar-refractivity contribution is 5.95. The lowest BCUT2D eigenvalue weighted by Gasteiger charge is -2.33. The number of fused-ring (bicyclic) bond motifs is 2. The molecule has 2 aromatic carbocycles. The molecule has 90 valence electrons. The van der Waals surface area contributed by atoms with Gasteiger partial charge in [-0.15, -0.1) is 0 Å². The maximum absolute atomic E-state index is 3.89. The molecule has 0 atom stereocenters. The number of rotatable bonds is 2. The zero-order chi connectivity index (χ0) is 12.5. The van der Waals surface area contributed by atoms with Gasteiger partial charge < -0.3 is 10.2 Å². The lowest BCUT2D eigenvalue weighted by Crippen LogP contribution is -2.22. The molecule has 0 saturated heterocycles. The van der Waals surface area contributed by atoms with Gasteiger partial charge in [-0.05, 0) is 30.7 Å². The number of nitrogens with zero attached hydrogens (tertiary/aromatic N) is 1. The molecule has 0 radical (unpaired) electrons. The van der Waals surface area contributed by atoms with Gasteiger partial charge in [0.25, 0.3) is 0 Å². The first kappa shape index (κ1) is 10.9. The molecule has 0 bridgehead atoms. The summed E-state index contributed by atoms with van der Waals surface area (Å²) in [7, 11) is 0. The molecule has 0 saturated carbocycles. The van der Waals surface area contributed by atoms with Crippen molar-refractivity contribution >= 4 is 28.8 Å². The zero-order valence-electron chi connectivity index (χ0n) is 10.5. The minimum atomic E-state index is 0.951. The fraction of sp³-hybridized carbons (Fsp3) is 0.125. The summed E-state index contributed by atoms with van der Waals surface area (Å²) in [6, 6.07) is 14.7. The predicted octanol–water partition coefficient (Wildman–Crippen LogP) is 4.54. The standard InChI is InChI=1S/C16H16N2/c1-3-12-8-7-11-15-16(12)17-13-9-5-6-10-14(13)18(15)4-2/h3,5-11,17H,1,4H2,2H3.